The Balaban J connectivity index is 1.21. The van der Waals surface area contributed by atoms with Gasteiger partial charge in [0.25, 0.3) is 0 Å². The van der Waals surface area contributed by atoms with Gasteiger partial charge < -0.3 is 15.1 Å². The van der Waals surface area contributed by atoms with Crippen molar-refractivity contribution in [1.82, 2.24) is 10.2 Å². The van der Waals surface area contributed by atoms with Crippen molar-refractivity contribution in [3.63, 3.8) is 0 Å². The number of carbonyl (C=O) groups is 1. The maximum absolute atomic E-state index is 13.3. The van der Waals surface area contributed by atoms with E-state index in [0.29, 0.717) is 6.04 Å². The van der Waals surface area contributed by atoms with Crippen LogP contribution >= 0.6 is 0 Å². The topological polar surface area (TPSA) is 57.5 Å². The smallest absolute Gasteiger partial charge is 0.319 e. The molecule has 2 aromatic carbocycles. The average molecular weight is 448 g/mol. The van der Waals surface area contributed by atoms with Crippen molar-refractivity contribution in [3.8, 4) is 11.3 Å². The van der Waals surface area contributed by atoms with Gasteiger partial charge in [-0.05, 0) is 87.0 Å². The number of furan rings is 1. The molecule has 1 aromatic heterocycles. The van der Waals surface area contributed by atoms with Crippen LogP contribution in [0.4, 0.5) is 14.9 Å². The Morgan fingerprint density at radius 1 is 1.09 bits per heavy atom. The first kappa shape index (κ1) is 21.7. The Morgan fingerprint density at radius 3 is 2.67 bits per heavy atom. The quantitative estimate of drug-likeness (QED) is 0.479. The highest BCUT2D eigenvalue weighted by molar-refractivity contribution is 5.90. The molecule has 1 unspecified atom stereocenters. The highest BCUT2D eigenvalue weighted by Gasteiger charge is 2.42. The monoisotopic (exact) mass is 447 g/mol. The molecule has 1 aliphatic heterocycles. The molecule has 33 heavy (non-hydrogen) atoms. The number of benzene rings is 2. The maximum Gasteiger partial charge on any atom is 0.319 e. The zero-order chi connectivity index (χ0) is 22.7. The molecule has 1 saturated heterocycles. The molecule has 1 aliphatic carbocycles. The van der Waals surface area contributed by atoms with E-state index in [9.17, 15) is 9.18 Å². The van der Waals surface area contributed by atoms with Crippen LogP contribution in [0.25, 0.3) is 11.3 Å². The first-order valence-corrected chi connectivity index (χ1v) is 11.8. The number of nitrogens with one attached hydrogen (secondary N) is 2. The third kappa shape index (κ3) is 5.11. The zero-order valence-electron chi connectivity index (χ0n) is 18.7. The number of halogens is 1. The van der Waals surface area contributed by atoms with Crippen LogP contribution in [-0.4, -0.2) is 35.6 Å². The number of hydrogen-bond acceptors (Lipinski definition) is 3. The summed E-state index contributed by atoms with van der Waals surface area (Å²) >= 11 is 0. The van der Waals surface area contributed by atoms with E-state index in [1.54, 1.807) is 6.26 Å². The molecule has 2 amide bonds. The van der Waals surface area contributed by atoms with Crippen LogP contribution in [0.5, 0.6) is 0 Å². The lowest BCUT2D eigenvalue weighted by Gasteiger charge is -2.46. The van der Waals surface area contributed by atoms with Crippen molar-refractivity contribution < 1.29 is 13.6 Å². The van der Waals surface area contributed by atoms with Gasteiger partial charge in [0.15, 0.2) is 0 Å². The molecule has 0 bridgehead atoms. The summed E-state index contributed by atoms with van der Waals surface area (Å²) in [5.41, 5.74) is 2.65. The van der Waals surface area contributed by atoms with E-state index in [4.69, 9.17) is 4.42 Å². The van der Waals surface area contributed by atoms with E-state index in [0.717, 1.165) is 74.2 Å². The van der Waals surface area contributed by atoms with Crippen molar-refractivity contribution in [2.45, 2.75) is 50.1 Å². The van der Waals surface area contributed by atoms with E-state index in [2.05, 4.69) is 15.5 Å². The second kappa shape index (κ2) is 9.40. The molecule has 0 radical (unpaired) electrons. The molecule has 0 spiro atoms. The summed E-state index contributed by atoms with van der Waals surface area (Å²) in [5, 5.41) is 6.29. The number of hydrogen-bond donors (Lipinski definition) is 2. The largest absolute Gasteiger partial charge is 0.464 e. The lowest BCUT2D eigenvalue weighted by molar-refractivity contribution is 0.109. The summed E-state index contributed by atoms with van der Waals surface area (Å²) in [7, 11) is 0. The van der Waals surface area contributed by atoms with Gasteiger partial charge in [0.1, 0.15) is 11.6 Å². The van der Waals surface area contributed by atoms with Crippen molar-refractivity contribution >= 4 is 11.7 Å². The highest BCUT2D eigenvalue weighted by Crippen LogP contribution is 2.35. The first-order chi connectivity index (χ1) is 16.1. The van der Waals surface area contributed by atoms with Gasteiger partial charge >= 0.3 is 6.03 Å². The molecule has 172 valence electrons. The van der Waals surface area contributed by atoms with Crippen LogP contribution in [0.3, 0.4) is 0 Å². The van der Waals surface area contributed by atoms with Crippen molar-refractivity contribution in [1.29, 1.82) is 0 Å². The summed E-state index contributed by atoms with van der Waals surface area (Å²) in [5.74, 6) is 0.580. The van der Waals surface area contributed by atoms with Crippen LogP contribution in [0.15, 0.2) is 71.3 Å². The van der Waals surface area contributed by atoms with Crippen LogP contribution < -0.4 is 10.6 Å². The number of anilines is 1. The summed E-state index contributed by atoms with van der Waals surface area (Å²) < 4.78 is 18.7. The van der Waals surface area contributed by atoms with Crippen molar-refractivity contribution in [3.05, 3.63) is 78.3 Å². The molecule has 5 nitrogen and oxygen atoms in total. The number of rotatable bonds is 7. The highest BCUT2D eigenvalue weighted by atomic mass is 19.1. The molecular formula is C27H30FN3O2. The van der Waals surface area contributed by atoms with E-state index >= 15 is 0 Å². The van der Waals surface area contributed by atoms with Gasteiger partial charge in [0.2, 0.25) is 0 Å². The lowest BCUT2D eigenvalue weighted by Crippen LogP contribution is -2.61. The second-order valence-electron chi connectivity index (χ2n) is 9.37. The predicted octanol–water partition coefficient (Wildman–Crippen LogP) is 5.84. The summed E-state index contributed by atoms with van der Waals surface area (Å²) in [6.45, 7) is 1.90. The van der Waals surface area contributed by atoms with Crippen molar-refractivity contribution in [2.24, 2.45) is 0 Å². The molecular weight excluding hydrogens is 417 g/mol. The van der Waals surface area contributed by atoms with Gasteiger partial charge in [-0.3, -0.25) is 4.90 Å². The lowest BCUT2D eigenvalue weighted by atomic mass is 9.76. The molecule has 1 saturated carbocycles. The molecule has 3 aromatic rings. The molecule has 2 heterocycles. The number of amides is 2. The first-order valence-electron chi connectivity index (χ1n) is 11.8. The fourth-order valence-electron chi connectivity index (χ4n) is 5.14. The van der Waals surface area contributed by atoms with Gasteiger partial charge in [-0.1, -0.05) is 24.3 Å². The predicted molar refractivity (Wildman–Crippen MR) is 128 cm³/mol. The average Bonchev–Trinajstić information content (AvgIpc) is 3.47. The Bertz CT molecular complexity index is 1080. The van der Waals surface area contributed by atoms with E-state index in [1.165, 1.54) is 12.1 Å². The Labute approximate surface area is 194 Å². The number of likely N-dealkylation sites (tertiary alicyclic amines) is 1. The Morgan fingerprint density at radius 2 is 1.94 bits per heavy atom. The Kier molecular flexibility index (Phi) is 6.18. The third-order valence-corrected chi connectivity index (χ3v) is 7.00. The minimum atomic E-state index is -0.194. The summed E-state index contributed by atoms with van der Waals surface area (Å²) in [6, 6.07) is 18.5. The van der Waals surface area contributed by atoms with Gasteiger partial charge in [-0.15, -0.1) is 0 Å². The maximum atomic E-state index is 13.3. The molecule has 1 atom stereocenters. The number of carbonyl (C=O) groups excluding carboxylic acids is 1. The van der Waals surface area contributed by atoms with E-state index in [-0.39, 0.29) is 17.4 Å². The van der Waals surface area contributed by atoms with Crippen LogP contribution in [0.1, 0.15) is 37.7 Å². The summed E-state index contributed by atoms with van der Waals surface area (Å²) in [4.78, 5) is 15.4. The van der Waals surface area contributed by atoms with E-state index in [1.807, 2.05) is 48.5 Å². The van der Waals surface area contributed by atoms with Crippen LogP contribution in [0, 0.1) is 5.82 Å². The van der Waals surface area contributed by atoms with Crippen molar-refractivity contribution in [2.75, 3.05) is 18.4 Å². The molecule has 5 rings (SSSR count). The van der Waals surface area contributed by atoms with Gasteiger partial charge in [0.05, 0.1) is 11.8 Å². The zero-order valence-corrected chi connectivity index (χ0v) is 18.7. The molecule has 2 fully saturated rings. The molecule has 6 heteroatoms. The number of urea groups is 1. The summed E-state index contributed by atoms with van der Waals surface area (Å²) in [6.07, 6.45) is 7.98. The minimum absolute atomic E-state index is 0.166. The van der Waals surface area contributed by atoms with Gasteiger partial charge in [-0.25, -0.2) is 9.18 Å². The van der Waals surface area contributed by atoms with Crippen LogP contribution in [-0.2, 0) is 6.42 Å². The van der Waals surface area contributed by atoms with Crippen LogP contribution in [0.2, 0.25) is 0 Å². The Hall–Kier alpha value is -3.12. The van der Waals surface area contributed by atoms with Gasteiger partial charge in [0, 0.05) is 23.8 Å². The second-order valence-corrected chi connectivity index (χ2v) is 9.37. The molecule has 2 aliphatic rings. The SMILES string of the molecule is O=C(Nc1cccc(-c2ccco2)c1)NC1(CN2CCCC2Cc2ccc(F)cc2)CCC1. The van der Waals surface area contributed by atoms with E-state index < -0.39 is 0 Å². The fourth-order valence-corrected chi connectivity index (χ4v) is 5.14. The number of nitrogens with zero attached hydrogens (tertiary/aromatic N) is 1. The third-order valence-electron chi connectivity index (χ3n) is 7.00. The minimum Gasteiger partial charge on any atom is -0.464 e. The normalized spacial score (nSPS) is 19.7. The fraction of sp³-hybridized carbons (Fsp3) is 0.370. The van der Waals surface area contributed by atoms with Gasteiger partial charge in [-0.2, -0.15) is 0 Å². The standard InChI is InChI=1S/C27H30FN3O2/c28-22-11-9-20(10-12-22)17-24-7-2-15-31(24)19-27(13-4-14-27)30-26(32)29-23-6-1-5-21(18-23)25-8-3-16-33-25/h1,3,5-6,8-12,16,18,24H,2,4,7,13-15,17,19H2,(H2,29,30,32). The molecule has 2 N–H and O–H groups in total.